The zero-order chi connectivity index (χ0) is 7.02. The van der Waals surface area contributed by atoms with E-state index < -0.39 is 0 Å². The maximum absolute atomic E-state index is 2.24. The number of hydrogen-bond acceptors (Lipinski definition) is 0. The first-order chi connectivity index (χ1) is 4.13. The van der Waals surface area contributed by atoms with Gasteiger partial charge in [-0.1, -0.05) is 27.7 Å². The fourth-order valence-electron chi connectivity index (χ4n) is 1.13. The smallest absolute Gasteiger partial charge is 0.199 e. The van der Waals surface area contributed by atoms with Crippen molar-refractivity contribution in [3.63, 3.8) is 0 Å². The minimum Gasteiger partial charge on any atom is -0.199 e. The molecule has 0 nitrogen and oxygen atoms in total. The van der Waals surface area contributed by atoms with E-state index in [9.17, 15) is 0 Å². The Hall–Kier alpha value is 0.688. The zero-order valence-electron chi connectivity index (χ0n) is 6.99. The van der Waals surface area contributed by atoms with Gasteiger partial charge < -0.3 is 0 Å². The van der Waals surface area contributed by atoms with Gasteiger partial charge in [-0.15, -0.1) is 0 Å². The molecule has 0 aliphatic carbocycles. The zero-order valence-corrected chi connectivity index (χ0v) is 9.61. The maximum Gasteiger partial charge on any atom is 3.00 e. The van der Waals surface area contributed by atoms with Crippen molar-refractivity contribution in [2.24, 2.45) is 0 Å². The van der Waals surface area contributed by atoms with E-state index in [1.165, 1.54) is 22.3 Å². The van der Waals surface area contributed by atoms with Gasteiger partial charge in [0.05, 0.1) is 0 Å². The molecule has 0 saturated carbocycles. The molecule has 1 heteroatoms. The van der Waals surface area contributed by atoms with Crippen LogP contribution in [-0.2, 0) is 0 Å². The number of hydrogen-bond donors (Lipinski definition) is 0. The van der Waals surface area contributed by atoms with Crippen LogP contribution in [0.5, 0.6) is 0 Å². The van der Waals surface area contributed by atoms with Crippen LogP contribution in [0.25, 0.3) is 0 Å². The molecule has 0 unspecified atom stereocenters. The summed E-state index contributed by atoms with van der Waals surface area (Å²) in [6.45, 7) is 8.68. The van der Waals surface area contributed by atoms with Crippen LogP contribution in [-0.4, -0.2) is 0 Å². The normalized spacial score (nSPS) is 9.20. The van der Waals surface area contributed by atoms with Crippen molar-refractivity contribution in [3.05, 3.63) is 28.3 Å². The van der Waals surface area contributed by atoms with E-state index >= 15 is 0 Å². The topological polar surface area (TPSA) is 0 Å². The first-order valence-electron chi connectivity index (χ1n) is 3.33. The molecule has 1 rings (SSSR count). The van der Waals surface area contributed by atoms with Crippen LogP contribution in [0.4, 0.5) is 0 Å². The van der Waals surface area contributed by atoms with Crippen LogP contribution in [0.2, 0.25) is 0 Å². The Balaban J connectivity index is 0.000000810. The Bertz CT molecular complexity index is 198. The van der Waals surface area contributed by atoms with Crippen molar-refractivity contribution < 1.29 is 40.4 Å². The van der Waals surface area contributed by atoms with Crippen molar-refractivity contribution in [2.75, 3.05) is 0 Å². The monoisotopic (exact) mass is 273 g/mol. The van der Waals surface area contributed by atoms with Crippen LogP contribution < -0.4 is 0 Å². The van der Waals surface area contributed by atoms with Gasteiger partial charge in [0.2, 0.25) is 0 Å². The maximum atomic E-state index is 2.24. The third kappa shape index (κ3) is 1.84. The van der Waals surface area contributed by atoms with E-state index in [-0.39, 0.29) is 40.4 Å². The minimum atomic E-state index is 0. The van der Waals surface area contributed by atoms with Gasteiger partial charge >= 0.3 is 40.4 Å². The fourth-order valence-corrected chi connectivity index (χ4v) is 1.13. The molecule has 0 amide bonds. The molecular weight excluding hydrogens is 258 g/mol. The van der Waals surface area contributed by atoms with E-state index in [2.05, 4.69) is 33.8 Å². The molecule has 0 fully saturated rings. The standard InChI is InChI=1S/C9H13.Sm/c1-6-5-7(2)9(4)8(6)3;/h5H,1-4H3;/q-1;+3. The third-order valence-corrected chi connectivity index (χ3v) is 2.18. The fraction of sp³-hybridized carbons (Fsp3) is 0.444. The Labute approximate surface area is 95.5 Å². The van der Waals surface area contributed by atoms with Crippen molar-refractivity contribution in [1.82, 2.24) is 0 Å². The first kappa shape index (κ1) is 10.7. The summed E-state index contributed by atoms with van der Waals surface area (Å²) in [5.74, 6) is 0. The largest absolute Gasteiger partial charge is 3.00 e. The molecule has 53 valence electrons. The summed E-state index contributed by atoms with van der Waals surface area (Å²) >= 11 is 0. The second-order valence-corrected chi connectivity index (χ2v) is 2.76. The van der Waals surface area contributed by atoms with Gasteiger partial charge in [0.25, 0.3) is 0 Å². The third-order valence-electron chi connectivity index (χ3n) is 2.18. The molecule has 1 radical (unpaired) electrons. The molecule has 10 heavy (non-hydrogen) atoms. The second kappa shape index (κ2) is 3.90. The van der Waals surface area contributed by atoms with Gasteiger partial charge in [-0.2, -0.15) is 28.3 Å². The Morgan fingerprint density at radius 3 is 1.80 bits per heavy atom. The summed E-state index contributed by atoms with van der Waals surface area (Å²) in [6.07, 6.45) is 0. The van der Waals surface area contributed by atoms with E-state index in [4.69, 9.17) is 0 Å². The summed E-state index contributed by atoms with van der Waals surface area (Å²) in [5.41, 5.74) is 5.75. The molecular formula is C9H13Sm+2. The van der Waals surface area contributed by atoms with E-state index in [1.807, 2.05) is 0 Å². The first-order valence-corrected chi connectivity index (χ1v) is 3.33. The number of rotatable bonds is 0. The molecule has 0 aliphatic heterocycles. The number of aryl methyl sites for hydroxylation is 2. The van der Waals surface area contributed by atoms with Gasteiger partial charge in [0, 0.05) is 0 Å². The molecule has 1 aromatic carbocycles. The SMILES string of the molecule is Cc1c[c-](C)c(C)c1C.[Sm+3]. The van der Waals surface area contributed by atoms with Crippen LogP contribution in [0.1, 0.15) is 22.3 Å². The van der Waals surface area contributed by atoms with Gasteiger partial charge in [0.15, 0.2) is 0 Å². The van der Waals surface area contributed by atoms with Gasteiger partial charge in [0.1, 0.15) is 0 Å². The quantitative estimate of drug-likeness (QED) is 0.637. The molecule has 0 aliphatic rings. The molecule has 1 aromatic rings. The summed E-state index contributed by atoms with van der Waals surface area (Å²) < 4.78 is 0. The average Bonchev–Trinajstić information content (AvgIpc) is 1.98. The van der Waals surface area contributed by atoms with Crippen LogP contribution in [0.3, 0.4) is 0 Å². The predicted molar refractivity (Wildman–Crippen MR) is 41.0 cm³/mol. The van der Waals surface area contributed by atoms with Crippen LogP contribution in [0, 0.1) is 68.1 Å². The van der Waals surface area contributed by atoms with E-state index in [1.54, 1.807) is 0 Å². The molecule has 0 heterocycles. The van der Waals surface area contributed by atoms with E-state index in [0.717, 1.165) is 0 Å². The molecule has 0 saturated heterocycles. The molecule has 0 atom stereocenters. The van der Waals surface area contributed by atoms with E-state index in [0.29, 0.717) is 0 Å². The van der Waals surface area contributed by atoms with Crippen LogP contribution in [0.15, 0.2) is 6.07 Å². The van der Waals surface area contributed by atoms with Crippen molar-refractivity contribution in [1.29, 1.82) is 0 Å². The Kier molecular flexibility index (Phi) is 4.17. The van der Waals surface area contributed by atoms with Crippen LogP contribution >= 0.6 is 0 Å². The predicted octanol–water partition coefficient (Wildman–Crippen LogP) is 2.64. The second-order valence-electron chi connectivity index (χ2n) is 2.76. The van der Waals surface area contributed by atoms with Crippen molar-refractivity contribution in [3.8, 4) is 0 Å². The minimum absolute atomic E-state index is 0. The molecule has 0 N–H and O–H groups in total. The van der Waals surface area contributed by atoms with Gasteiger partial charge in [-0.3, -0.25) is 0 Å². The summed E-state index contributed by atoms with van der Waals surface area (Å²) in [4.78, 5) is 0. The van der Waals surface area contributed by atoms with Crippen molar-refractivity contribution >= 4 is 0 Å². The van der Waals surface area contributed by atoms with Gasteiger partial charge in [-0.05, 0) is 0 Å². The Morgan fingerprint density at radius 1 is 1.20 bits per heavy atom. The average molecular weight is 272 g/mol. The molecule has 0 aromatic heterocycles. The molecule has 0 spiro atoms. The summed E-state index contributed by atoms with van der Waals surface area (Å²) in [6, 6.07) is 2.24. The van der Waals surface area contributed by atoms with Crippen molar-refractivity contribution in [2.45, 2.75) is 27.7 Å². The summed E-state index contributed by atoms with van der Waals surface area (Å²) in [7, 11) is 0. The summed E-state index contributed by atoms with van der Waals surface area (Å²) in [5, 5.41) is 0. The Morgan fingerprint density at radius 2 is 1.70 bits per heavy atom. The molecule has 0 bridgehead atoms. The van der Waals surface area contributed by atoms with Gasteiger partial charge in [-0.25, -0.2) is 0 Å².